The summed E-state index contributed by atoms with van der Waals surface area (Å²) < 4.78 is 7.76. The van der Waals surface area contributed by atoms with Crippen LogP contribution in [0.25, 0.3) is 10.9 Å². The zero-order chi connectivity index (χ0) is 20.2. The van der Waals surface area contributed by atoms with Gasteiger partial charge in [-0.3, -0.25) is 4.79 Å². The van der Waals surface area contributed by atoms with Crippen LogP contribution in [-0.4, -0.2) is 60.1 Å². The lowest BCUT2D eigenvalue weighted by molar-refractivity contribution is 0.0645. The van der Waals surface area contributed by atoms with Crippen LogP contribution in [0.15, 0.2) is 24.4 Å². The van der Waals surface area contributed by atoms with Crippen LogP contribution in [0.2, 0.25) is 0 Å². The van der Waals surface area contributed by atoms with Gasteiger partial charge in [-0.05, 0) is 31.0 Å². The van der Waals surface area contributed by atoms with Gasteiger partial charge in [0.15, 0.2) is 0 Å². The van der Waals surface area contributed by atoms with E-state index >= 15 is 0 Å². The predicted molar refractivity (Wildman–Crippen MR) is 125 cm³/mol. The summed E-state index contributed by atoms with van der Waals surface area (Å²) in [6, 6.07) is 6.11. The first-order chi connectivity index (χ1) is 14.2. The molecule has 0 radical (unpaired) electrons. The Bertz CT molecular complexity index is 836. The topological polar surface area (TPSA) is 37.7 Å². The summed E-state index contributed by atoms with van der Waals surface area (Å²) in [5.41, 5.74) is 1.96. The third-order valence-electron chi connectivity index (χ3n) is 6.93. The maximum Gasteiger partial charge on any atom is 0.256 e. The minimum absolute atomic E-state index is 0. The van der Waals surface area contributed by atoms with Crippen LogP contribution in [0.4, 0.5) is 0 Å². The monoisotopic (exact) mass is 433 g/mol. The van der Waals surface area contributed by atoms with E-state index in [1.807, 2.05) is 11.0 Å². The van der Waals surface area contributed by atoms with Crippen molar-refractivity contribution in [2.24, 2.45) is 5.92 Å². The number of methoxy groups -OCH3 is 1. The third-order valence-corrected chi connectivity index (χ3v) is 6.93. The maximum absolute atomic E-state index is 13.3. The van der Waals surface area contributed by atoms with Gasteiger partial charge in [-0.15, -0.1) is 12.4 Å². The molecule has 0 N–H and O–H groups in total. The van der Waals surface area contributed by atoms with Gasteiger partial charge in [-0.1, -0.05) is 39.0 Å². The lowest BCUT2D eigenvalue weighted by atomic mass is 9.87. The quantitative estimate of drug-likeness (QED) is 0.655. The Balaban J connectivity index is 0.00000256. The first-order valence-electron chi connectivity index (χ1n) is 11.4. The number of hydrogen-bond acceptors (Lipinski definition) is 3. The number of amides is 1. The Morgan fingerprint density at radius 2 is 1.83 bits per heavy atom. The number of piperazine rings is 1. The molecule has 1 amide bonds. The summed E-state index contributed by atoms with van der Waals surface area (Å²) in [6.07, 6.45) is 10.2. The van der Waals surface area contributed by atoms with E-state index in [4.69, 9.17) is 4.74 Å². The van der Waals surface area contributed by atoms with Crippen molar-refractivity contribution in [2.75, 3.05) is 39.8 Å². The number of carbonyl (C=O) groups is 1. The van der Waals surface area contributed by atoms with Crippen LogP contribution in [0.1, 0.15) is 55.8 Å². The number of aromatic nitrogens is 1. The molecule has 166 valence electrons. The van der Waals surface area contributed by atoms with Crippen molar-refractivity contribution in [3.05, 3.63) is 30.0 Å². The molecule has 0 bridgehead atoms. The van der Waals surface area contributed by atoms with E-state index in [9.17, 15) is 4.79 Å². The fourth-order valence-corrected chi connectivity index (χ4v) is 4.99. The number of benzene rings is 1. The predicted octanol–water partition coefficient (Wildman–Crippen LogP) is 4.82. The Labute approximate surface area is 186 Å². The standard InChI is InChI=1S/C24H35N3O2.ClH/c1-3-25-13-15-26(16-14-25)24(28)22-18-27(12-11-19-7-5-4-6-8-19)23-17-20(29-2)9-10-21(22)23;/h9-10,17-19H,3-8,11-16H2,1-2H3;1H. The van der Waals surface area contributed by atoms with Gasteiger partial charge in [-0.2, -0.15) is 0 Å². The molecule has 1 saturated heterocycles. The van der Waals surface area contributed by atoms with Gasteiger partial charge in [-0.25, -0.2) is 0 Å². The molecule has 30 heavy (non-hydrogen) atoms. The highest BCUT2D eigenvalue weighted by Crippen LogP contribution is 2.30. The van der Waals surface area contributed by atoms with Crippen molar-refractivity contribution >= 4 is 29.2 Å². The first-order valence-corrected chi connectivity index (χ1v) is 11.4. The molecule has 0 atom stereocenters. The van der Waals surface area contributed by atoms with Gasteiger partial charge in [0.05, 0.1) is 18.2 Å². The van der Waals surface area contributed by atoms with Crippen molar-refractivity contribution in [2.45, 2.75) is 52.0 Å². The van der Waals surface area contributed by atoms with E-state index in [0.29, 0.717) is 0 Å². The van der Waals surface area contributed by atoms with Gasteiger partial charge in [0.2, 0.25) is 0 Å². The minimum atomic E-state index is 0. The molecule has 1 saturated carbocycles. The van der Waals surface area contributed by atoms with Crippen LogP contribution < -0.4 is 4.74 Å². The largest absolute Gasteiger partial charge is 0.497 e. The number of ether oxygens (including phenoxy) is 1. The van der Waals surface area contributed by atoms with Gasteiger partial charge in [0.1, 0.15) is 5.75 Å². The maximum atomic E-state index is 13.3. The van der Waals surface area contributed by atoms with Crippen molar-refractivity contribution in [3.63, 3.8) is 0 Å². The number of aryl methyl sites for hydroxylation is 1. The summed E-state index contributed by atoms with van der Waals surface area (Å²) in [4.78, 5) is 17.8. The van der Waals surface area contributed by atoms with Gasteiger partial charge >= 0.3 is 0 Å². The van der Waals surface area contributed by atoms with E-state index in [-0.39, 0.29) is 18.3 Å². The number of halogens is 1. The zero-order valence-electron chi connectivity index (χ0n) is 18.4. The highest BCUT2D eigenvalue weighted by atomic mass is 35.5. The second kappa shape index (κ2) is 10.5. The van der Waals surface area contributed by atoms with Crippen LogP contribution in [0.3, 0.4) is 0 Å². The van der Waals surface area contributed by atoms with Crippen LogP contribution in [0.5, 0.6) is 5.75 Å². The van der Waals surface area contributed by atoms with E-state index in [2.05, 4.69) is 34.7 Å². The highest BCUT2D eigenvalue weighted by Gasteiger charge is 2.25. The van der Waals surface area contributed by atoms with Gasteiger partial charge in [0, 0.05) is 50.4 Å². The number of carbonyl (C=O) groups excluding carboxylic acids is 1. The molecule has 2 aliphatic rings. The fourth-order valence-electron chi connectivity index (χ4n) is 4.99. The molecule has 1 aromatic heterocycles. The van der Waals surface area contributed by atoms with E-state index in [0.717, 1.165) is 67.4 Å². The molecule has 4 rings (SSSR count). The van der Waals surface area contributed by atoms with Crippen LogP contribution >= 0.6 is 12.4 Å². The van der Waals surface area contributed by atoms with Crippen LogP contribution in [-0.2, 0) is 6.54 Å². The number of nitrogens with zero attached hydrogens (tertiary/aromatic N) is 3. The third kappa shape index (κ3) is 4.94. The highest BCUT2D eigenvalue weighted by molar-refractivity contribution is 6.07. The SMILES string of the molecule is CCN1CCN(C(=O)c2cn(CCC3CCCCC3)c3cc(OC)ccc23)CC1.Cl. The van der Waals surface area contributed by atoms with Crippen molar-refractivity contribution in [1.82, 2.24) is 14.4 Å². The first kappa shape index (κ1) is 23.0. The average Bonchev–Trinajstić information content (AvgIpc) is 3.15. The number of likely N-dealkylation sites (N-methyl/N-ethyl adjacent to an activating group) is 1. The second-order valence-corrected chi connectivity index (χ2v) is 8.64. The van der Waals surface area contributed by atoms with Crippen LogP contribution in [0, 0.1) is 5.92 Å². The van der Waals surface area contributed by atoms with Gasteiger partial charge < -0.3 is 19.1 Å². The smallest absolute Gasteiger partial charge is 0.256 e. The average molecular weight is 434 g/mol. The second-order valence-electron chi connectivity index (χ2n) is 8.64. The van der Waals surface area contributed by atoms with Crippen molar-refractivity contribution in [1.29, 1.82) is 0 Å². The number of fused-ring (bicyclic) bond motifs is 1. The lowest BCUT2D eigenvalue weighted by Crippen LogP contribution is -2.48. The van der Waals surface area contributed by atoms with Crippen molar-refractivity contribution in [3.8, 4) is 5.75 Å². The molecular formula is C24H36ClN3O2. The molecule has 1 aliphatic heterocycles. The van der Waals surface area contributed by atoms with E-state index < -0.39 is 0 Å². The summed E-state index contributed by atoms with van der Waals surface area (Å²) in [5.74, 6) is 1.85. The molecule has 0 unspecified atom stereocenters. The molecule has 2 aromatic rings. The zero-order valence-corrected chi connectivity index (χ0v) is 19.3. The van der Waals surface area contributed by atoms with E-state index in [1.165, 1.54) is 38.5 Å². The fraction of sp³-hybridized carbons (Fsp3) is 0.625. The molecule has 5 nitrogen and oxygen atoms in total. The Hall–Kier alpha value is -1.72. The summed E-state index contributed by atoms with van der Waals surface area (Å²) >= 11 is 0. The Kier molecular flexibility index (Phi) is 8.06. The molecule has 2 fully saturated rings. The molecule has 6 heteroatoms. The summed E-state index contributed by atoms with van der Waals surface area (Å²) in [6.45, 7) is 7.79. The number of hydrogen-bond donors (Lipinski definition) is 0. The number of rotatable bonds is 6. The lowest BCUT2D eigenvalue weighted by Gasteiger charge is -2.34. The molecule has 2 heterocycles. The Morgan fingerprint density at radius 3 is 2.50 bits per heavy atom. The van der Waals surface area contributed by atoms with E-state index in [1.54, 1.807) is 7.11 Å². The Morgan fingerprint density at radius 1 is 1.10 bits per heavy atom. The molecule has 1 aliphatic carbocycles. The normalized spacial score (nSPS) is 18.4. The summed E-state index contributed by atoms with van der Waals surface area (Å²) in [5, 5.41) is 1.05. The summed E-state index contributed by atoms with van der Waals surface area (Å²) in [7, 11) is 1.70. The molecular weight excluding hydrogens is 398 g/mol. The van der Waals surface area contributed by atoms with Gasteiger partial charge in [0.25, 0.3) is 5.91 Å². The minimum Gasteiger partial charge on any atom is -0.497 e. The van der Waals surface area contributed by atoms with Crippen molar-refractivity contribution < 1.29 is 9.53 Å². The molecule has 0 spiro atoms. The molecule has 1 aromatic carbocycles.